The van der Waals surface area contributed by atoms with Gasteiger partial charge in [0.1, 0.15) is 5.82 Å². The van der Waals surface area contributed by atoms with Crippen LogP contribution in [0.25, 0.3) is 0 Å². The Labute approximate surface area is 131 Å². The molecule has 23 heavy (non-hydrogen) atoms. The SMILES string of the molecule is NC(=O)C1CN(C(=O)C2CC(=O)Nc3cc(F)ccc32)CCO1. The minimum absolute atomic E-state index is 0.0178. The number of benzene rings is 1. The summed E-state index contributed by atoms with van der Waals surface area (Å²) in [5, 5.41) is 2.57. The molecule has 1 fully saturated rings. The molecule has 7 nitrogen and oxygen atoms in total. The van der Waals surface area contributed by atoms with E-state index in [1.807, 2.05) is 0 Å². The molecule has 1 saturated heterocycles. The minimum Gasteiger partial charge on any atom is -0.367 e. The molecule has 3 rings (SSSR count). The number of rotatable bonds is 2. The molecule has 8 heteroatoms. The summed E-state index contributed by atoms with van der Waals surface area (Å²) in [4.78, 5) is 37.3. The molecular formula is C15H16FN3O4. The number of carbonyl (C=O) groups is 3. The van der Waals surface area contributed by atoms with E-state index in [0.717, 1.165) is 0 Å². The molecule has 0 spiro atoms. The maximum Gasteiger partial charge on any atom is 0.248 e. The quantitative estimate of drug-likeness (QED) is 0.798. The summed E-state index contributed by atoms with van der Waals surface area (Å²) < 4.78 is 18.5. The van der Waals surface area contributed by atoms with Crippen LogP contribution in [0.1, 0.15) is 17.9 Å². The van der Waals surface area contributed by atoms with Crippen LogP contribution < -0.4 is 11.1 Å². The first kappa shape index (κ1) is 15.4. The number of nitrogens with one attached hydrogen (secondary N) is 1. The molecule has 3 amide bonds. The zero-order valence-electron chi connectivity index (χ0n) is 12.3. The predicted molar refractivity (Wildman–Crippen MR) is 77.9 cm³/mol. The Bertz CT molecular complexity index is 679. The molecule has 2 unspecified atom stereocenters. The molecule has 0 radical (unpaired) electrons. The van der Waals surface area contributed by atoms with Gasteiger partial charge in [-0.3, -0.25) is 14.4 Å². The van der Waals surface area contributed by atoms with Gasteiger partial charge in [0.2, 0.25) is 17.7 Å². The van der Waals surface area contributed by atoms with Gasteiger partial charge >= 0.3 is 0 Å². The molecular weight excluding hydrogens is 305 g/mol. The van der Waals surface area contributed by atoms with Gasteiger partial charge in [-0.1, -0.05) is 6.07 Å². The highest BCUT2D eigenvalue weighted by Crippen LogP contribution is 2.34. The van der Waals surface area contributed by atoms with Gasteiger partial charge in [-0.15, -0.1) is 0 Å². The number of nitrogens with zero attached hydrogens (tertiary/aromatic N) is 1. The average molecular weight is 321 g/mol. The number of primary amides is 1. The summed E-state index contributed by atoms with van der Waals surface area (Å²) in [7, 11) is 0. The molecule has 0 saturated carbocycles. The Kier molecular flexibility index (Phi) is 3.99. The van der Waals surface area contributed by atoms with Crippen molar-refractivity contribution in [3.05, 3.63) is 29.6 Å². The van der Waals surface area contributed by atoms with Crippen LogP contribution in [-0.2, 0) is 19.1 Å². The summed E-state index contributed by atoms with van der Waals surface area (Å²) in [6.07, 6.45) is -0.867. The summed E-state index contributed by atoms with van der Waals surface area (Å²) in [5.41, 5.74) is 6.09. The van der Waals surface area contributed by atoms with E-state index in [2.05, 4.69) is 5.32 Å². The van der Waals surface area contributed by atoms with Gasteiger partial charge in [0.25, 0.3) is 0 Å². The highest BCUT2D eigenvalue weighted by atomic mass is 19.1. The summed E-state index contributed by atoms with van der Waals surface area (Å²) in [6, 6.07) is 3.94. The highest BCUT2D eigenvalue weighted by Gasteiger charge is 2.36. The first-order valence-corrected chi connectivity index (χ1v) is 7.24. The van der Waals surface area contributed by atoms with Crippen molar-refractivity contribution in [1.82, 2.24) is 4.90 Å². The average Bonchev–Trinajstić information content (AvgIpc) is 2.53. The van der Waals surface area contributed by atoms with Gasteiger partial charge in [0, 0.05) is 18.7 Å². The maximum absolute atomic E-state index is 13.3. The third kappa shape index (κ3) is 3.02. The molecule has 2 aliphatic heterocycles. The van der Waals surface area contributed by atoms with E-state index in [1.165, 1.54) is 23.1 Å². The van der Waals surface area contributed by atoms with Gasteiger partial charge in [-0.05, 0) is 17.7 Å². The number of amides is 3. The number of nitrogens with two attached hydrogens (primary N) is 1. The second-order valence-corrected chi connectivity index (χ2v) is 5.58. The van der Waals surface area contributed by atoms with E-state index in [-0.39, 0.29) is 31.4 Å². The molecule has 0 aliphatic carbocycles. The Morgan fingerprint density at radius 1 is 1.39 bits per heavy atom. The van der Waals surface area contributed by atoms with Gasteiger partial charge < -0.3 is 20.7 Å². The van der Waals surface area contributed by atoms with Crippen molar-refractivity contribution in [3.8, 4) is 0 Å². The first-order chi connectivity index (χ1) is 11.0. The van der Waals surface area contributed by atoms with E-state index in [0.29, 0.717) is 17.8 Å². The maximum atomic E-state index is 13.3. The Balaban J connectivity index is 1.85. The minimum atomic E-state index is -0.849. The van der Waals surface area contributed by atoms with Crippen LogP contribution in [0.3, 0.4) is 0 Å². The normalized spacial score (nSPS) is 23.9. The Morgan fingerprint density at radius 2 is 2.17 bits per heavy atom. The third-order valence-corrected chi connectivity index (χ3v) is 4.05. The lowest BCUT2D eigenvalue weighted by Crippen LogP contribution is -2.52. The molecule has 0 aromatic heterocycles. The molecule has 1 aromatic rings. The standard InChI is InChI=1S/C15H16FN3O4/c16-8-1-2-9-10(6-13(20)18-11(9)5-8)15(22)19-3-4-23-12(7-19)14(17)21/h1-2,5,10,12H,3-4,6-7H2,(H2,17,21)(H,18,20). The lowest BCUT2D eigenvalue weighted by atomic mass is 9.89. The van der Waals surface area contributed by atoms with Gasteiger partial charge in [0.15, 0.2) is 6.10 Å². The smallest absolute Gasteiger partial charge is 0.248 e. The zero-order valence-corrected chi connectivity index (χ0v) is 12.3. The first-order valence-electron chi connectivity index (χ1n) is 7.24. The molecule has 2 atom stereocenters. The molecule has 0 bridgehead atoms. The number of hydrogen-bond donors (Lipinski definition) is 2. The van der Waals surface area contributed by atoms with Gasteiger partial charge in [-0.25, -0.2) is 4.39 Å². The van der Waals surface area contributed by atoms with Gasteiger partial charge in [-0.2, -0.15) is 0 Å². The molecule has 2 aliphatic rings. The molecule has 2 heterocycles. The van der Waals surface area contributed by atoms with Crippen LogP contribution in [0.15, 0.2) is 18.2 Å². The van der Waals surface area contributed by atoms with Crippen molar-refractivity contribution in [1.29, 1.82) is 0 Å². The van der Waals surface area contributed by atoms with Crippen LogP contribution in [-0.4, -0.2) is 48.4 Å². The number of anilines is 1. The Morgan fingerprint density at radius 3 is 2.91 bits per heavy atom. The summed E-state index contributed by atoms with van der Waals surface area (Å²) in [6.45, 7) is 0.578. The second-order valence-electron chi connectivity index (χ2n) is 5.58. The third-order valence-electron chi connectivity index (χ3n) is 4.05. The lowest BCUT2D eigenvalue weighted by Gasteiger charge is -2.35. The molecule has 122 valence electrons. The summed E-state index contributed by atoms with van der Waals surface area (Å²) >= 11 is 0. The van der Waals surface area contributed by atoms with Crippen molar-refractivity contribution < 1.29 is 23.5 Å². The van der Waals surface area contributed by atoms with E-state index in [9.17, 15) is 18.8 Å². The number of ether oxygens (including phenoxy) is 1. The van der Waals surface area contributed by atoms with Gasteiger partial charge in [0.05, 0.1) is 19.1 Å². The second kappa shape index (κ2) is 5.96. The Hall–Kier alpha value is -2.48. The van der Waals surface area contributed by atoms with Crippen LogP contribution in [0.5, 0.6) is 0 Å². The van der Waals surface area contributed by atoms with Crippen molar-refractivity contribution >= 4 is 23.4 Å². The van der Waals surface area contributed by atoms with Crippen LogP contribution in [0, 0.1) is 5.82 Å². The topological polar surface area (TPSA) is 102 Å². The van der Waals surface area contributed by atoms with Crippen molar-refractivity contribution in [2.24, 2.45) is 5.73 Å². The van der Waals surface area contributed by atoms with Crippen LogP contribution >= 0.6 is 0 Å². The zero-order chi connectivity index (χ0) is 16.6. The van der Waals surface area contributed by atoms with E-state index in [1.54, 1.807) is 0 Å². The fourth-order valence-corrected chi connectivity index (χ4v) is 2.90. The number of morpholine rings is 1. The summed E-state index contributed by atoms with van der Waals surface area (Å²) in [5.74, 6) is -2.46. The van der Waals surface area contributed by atoms with E-state index >= 15 is 0 Å². The van der Waals surface area contributed by atoms with Crippen molar-refractivity contribution in [2.45, 2.75) is 18.4 Å². The predicted octanol–water partition coefficient (Wildman–Crippen LogP) is -0.0358. The molecule has 1 aromatic carbocycles. The van der Waals surface area contributed by atoms with Crippen molar-refractivity contribution in [2.75, 3.05) is 25.0 Å². The number of fused-ring (bicyclic) bond motifs is 1. The number of halogens is 1. The largest absolute Gasteiger partial charge is 0.367 e. The van der Waals surface area contributed by atoms with E-state index in [4.69, 9.17) is 10.5 Å². The fourth-order valence-electron chi connectivity index (χ4n) is 2.90. The number of hydrogen-bond acceptors (Lipinski definition) is 4. The van der Waals surface area contributed by atoms with Crippen LogP contribution in [0.4, 0.5) is 10.1 Å². The molecule has 3 N–H and O–H groups in total. The lowest BCUT2D eigenvalue weighted by molar-refractivity contribution is -0.147. The monoisotopic (exact) mass is 321 g/mol. The van der Waals surface area contributed by atoms with Crippen molar-refractivity contribution in [3.63, 3.8) is 0 Å². The van der Waals surface area contributed by atoms with E-state index < -0.39 is 23.7 Å². The highest BCUT2D eigenvalue weighted by molar-refractivity contribution is 6.01. The number of carbonyl (C=O) groups excluding carboxylic acids is 3. The fraction of sp³-hybridized carbons (Fsp3) is 0.400. The van der Waals surface area contributed by atoms with Crippen LogP contribution in [0.2, 0.25) is 0 Å².